The number of hydrogen-bond acceptors (Lipinski definition) is 15. The third-order valence-corrected chi connectivity index (χ3v) is 16.1. The van der Waals surface area contributed by atoms with Gasteiger partial charge in [-0.25, -0.2) is 34.9 Å². The Morgan fingerprint density at radius 3 is 1.13 bits per heavy atom. The molecule has 0 saturated carbocycles. The van der Waals surface area contributed by atoms with Gasteiger partial charge in [0.2, 0.25) is 0 Å². The van der Waals surface area contributed by atoms with Crippen LogP contribution < -0.4 is 0 Å². The second kappa shape index (κ2) is 42.8. The van der Waals surface area contributed by atoms with Crippen LogP contribution in [0, 0.1) is 27.7 Å². The van der Waals surface area contributed by atoms with Gasteiger partial charge in [-0.15, -0.1) is 0 Å². The van der Waals surface area contributed by atoms with Gasteiger partial charge in [0.05, 0.1) is 28.1 Å². The van der Waals surface area contributed by atoms with Crippen molar-refractivity contribution in [1.82, 2.24) is 74.8 Å². The van der Waals surface area contributed by atoms with Crippen LogP contribution in [0.1, 0.15) is 287 Å². The van der Waals surface area contributed by atoms with Crippen LogP contribution in [0.3, 0.4) is 0 Å². The molecule has 0 aliphatic rings. The average Bonchev–Trinajstić information content (AvgIpc) is 0.819. The number of hydrogen-bond donors (Lipinski definition) is 0. The summed E-state index contributed by atoms with van der Waals surface area (Å²) >= 11 is 5.70. The molecule has 10 heterocycles. The molecule has 15 nitrogen and oxygen atoms in total. The van der Waals surface area contributed by atoms with Crippen LogP contribution in [0.4, 0.5) is 0 Å². The van der Waals surface area contributed by atoms with Crippen molar-refractivity contribution in [3.8, 4) is 0 Å². The molecule has 0 radical (unpaired) electrons. The van der Waals surface area contributed by atoms with Gasteiger partial charge in [-0.1, -0.05) is 256 Å². The highest BCUT2D eigenvalue weighted by atomic mass is 35.5. The summed E-state index contributed by atoms with van der Waals surface area (Å²) in [6.45, 7) is 72.7. The lowest BCUT2D eigenvalue weighted by Gasteiger charge is -2.19. The molecule has 11 aromatic rings. The molecule has 0 unspecified atom stereocenters. The maximum absolute atomic E-state index is 5.70. The average molecular weight is 1500 g/mol. The lowest BCUT2D eigenvalue weighted by molar-refractivity contribution is 0.563. The molecule has 0 aliphatic carbocycles. The third kappa shape index (κ3) is 39.2. The Morgan fingerprint density at radius 1 is 0.257 bits per heavy atom. The Balaban J connectivity index is 0.000000412. The van der Waals surface area contributed by atoms with E-state index in [-0.39, 0.29) is 54.1 Å². The molecule has 0 spiro atoms. The molecule has 109 heavy (non-hydrogen) atoms. The highest BCUT2D eigenvalue weighted by Gasteiger charge is 2.21. The number of para-hydroxylation sites is 2. The number of aryl methyl sites for hydroxylation is 4. The number of benzene rings is 1. The minimum Gasteiger partial charge on any atom is -0.265 e. The zero-order chi connectivity index (χ0) is 83.0. The number of aromatic nitrogens is 15. The van der Waals surface area contributed by atoms with Gasteiger partial charge in [-0.2, -0.15) is 0 Å². The SMILES string of the molecule is CC(C)(C)c1cc(Cl)ncn1.CC(C)(C)c1ccccn1.CC(C)(C)c1cccnc1.CC(C)(C)c1ccncc1.CC(C)(C)c1ccncn1.CC(C)(C)c1cnc2ccccc2n1.CC(C)(C)c1cnccn1.Cc1cc(C(C)(C)C)nc(C)n1.Cc1ccc(C(C)(C)C)nc1.Cc1cccnc1C(C)(C)C. The predicted octanol–water partition coefficient (Wildman–Crippen LogP) is 23.8. The summed E-state index contributed by atoms with van der Waals surface area (Å²) in [5.41, 5.74) is 18.4. The minimum atomic E-state index is 0.0482. The van der Waals surface area contributed by atoms with Gasteiger partial charge in [-0.05, 0) is 134 Å². The van der Waals surface area contributed by atoms with Crippen molar-refractivity contribution < 1.29 is 0 Å². The second-order valence-corrected chi connectivity index (χ2v) is 37.6. The second-order valence-electron chi connectivity index (χ2n) is 37.2. The quantitative estimate of drug-likeness (QED) is 0.130. The normalized spacial score (nSPS) is 11.6. The molecule has 0 atom stereocenters. The molecule has 0 saturated heterocycles. The van der Waals surface area contributed by atoms with E-state index in [1.54, 1.807) is 43.4 Å². The van der Waals surface area contributed by atoms with Crippen LogP contribution >= 0.6 is 11.6 Å². The first kappa shape index (κ1) is 96.0. The van der Waals surface area contributed by atoms with E-state index in [0.29, 0.717) is 5.15 Å². The van der Waals surface area contributed by atoms with Crippen molar-refractivity contribution in [3.63, 3.8) is 0 Å². The maximum Gasteiger partial charge on any atom is 0.132 e. The largest absolute Gasteiger partial charge is 0.265 e. The lowest BCUT2D eigenvalue weighted by atomic mass is 9.88. The first-order valence-corrected chi connectivity index (χ1v) is 38.0. The minimum absolute atomic E-state index is 0.0482. The highest BCUT2D eigenvalue weighted by Crippen LogP contribution is 2.27. The number of rotatable bonds is 0. The van der Waals surface area contributed by atoms with Gasteiger partial charge in [-0.3, -0.25) is 39.9 Å². The molecule has 16 heteroatoms. The molecule has 11 rings (SSSR count). The molecule has 588 valence electrons. The molecular weight excluding hydrogens is 1360 g/mol. The van der Waals surface area contributed by atoms with Crippen molar-refractivity contribution in [3.05, 3.63) is 281 Å². The van der Waals surface area contributed by atoms with Crippen molar-refractivity contribution in [2.45, 2.75) is 290 Å². The number of pyridine rings is 5. The zero-order valence-electron chi connectivity index (χ0n) is 73.1. The first-order chi connectivity index (χ1) is 50.0. The van der Waals surface area contributed by atoms with E-state index >= 15 is 0 Å². The Hall–Kier alpha value is -9.08. The van der Waals surface area contributed by atoms with Crippen molar-refractivity contribution >= 4 is 22.6 Å². The Morgan fingerprint density at radius 2 is 0.752 bits per heavy atom. The molecular formula is C93H134ClN15. The summed E-state index contributed by atoms with van der Waals surface area (Å²) in [6.07, 6.45) is 24.9. The highest BCUT2D eigenvalue weighted by molar-refractivity contribution is 6.29. The van der Waals surface area contributed by atoms with Gasteiger partial charge in [0.15, 0.2) is 0 Å². The zero-order valence-corrected chi connectivity index (χ0v) is 73.8. The molecule has 0 fully saturated rings. The Bertz CT molecular complexity index is 4010. The molecule has 0 amide bonds. The van der Waals surface area contributed by atoms with E-state index < -0.39 is 0 Å². The topological polar surface area (TPSA) is 193 Å². The number of halogens is 1. The fraction of sp³-hybridized carbons (Fsp3) is 0.473. The molecule has 0 bridgehead atoms. The number of nitrogens with zero attached hydrogens (tertiary/aromatic N) is 15. The van der Waals surface area contributed by atoms with Crippen LogP contribution in [0.15, 0.2) is 196 Å². The third-order valence-electron chi connectivity index (χ3n) is 15.9. The summed E-state index contributed by atoms with van der Waals surface area (Å²) in [5.74, 6) is 0.861. The monoisotopic (exact) mass is 1500 g/mol. The Labute approximate surface area is 663 Å². The fourth-order valence-corrected chi connectivity index (χ4v) is 9.38. The van der Waals surface area contributed by atoms with E-state index in [2.05, 4.69) is 339 Å². The molecule has 1 aromatic carbocycles. The summed E-state index contributed by atoms with van der Waals surface area (Å²) in [7, 11) is 0. The van der Waals surface area contributed by atoms with E-state index in [4.69, 9.17) is 11.6 Å². The summed E-state index contributed by atoms with van der Waals surface area (Å²) in [4.78, 5) is 62.6. The van der Waals surface area contributed by atoms with Crippen LogP contribution in [0.25, 0.3) is 11.0 Å². The van der Waals surface area contributed by atoms with E-state index in [9.17, 15) is 0 Å². The first-order valence-electron chi connectivity index (χ1n) is 37.6. The van der Waals surface area contributed by atoms with E-state index in [0.717, 1.165) is 62.4 Å². The smallest absolute Gasteiger partial charge is 0.132 e. The predicted molar refractivity (Wildman–Crippen MR) is 460 cm³/mol. The molecule has 10 aromatic heterocycles. The van der Waals surface area contributed by atoms with Gasteiger partial charge in [0.1, 0.15) is 23.6 Å². The van der Waals surface area contributed by atoms with E-state index in [1.807, 2.05) is 118 Å². The van der Waals surface area contributed by atoms with E-state index in [1.165, 1.54) is 34.3 Å². The number of fused-ring (bicyclic) bond motifs is 1. The van der Waals surface area contributed by atoms with Gasteiger partial charge in [0, 0.05) is 152 Å². The van der Waals surface area contributed by atoms with Crippen LogP contribution in [-0.4, -0.2) is 74.8 Å². The van der Waals surface area contributed by atoms with Gasteiger partial charge < -0.3 is 0 Å². The summed E-state index contributed by atoms with van der Waals surface area (Å²) < 4.78 is 0. The molecule has 0 N–H and O–H groups in total. The lowest BCUT2D eigenvalue weighted by Crippen LogP contribution is -2.15. The summed E-state index contributed by atoms with van der Waals surface area (Å²) in [6, 6.07) is 36.2. The van der Waals surface area contributed by atoms with Crippen molar-refractivity contribution in [2.24, 2.45) is 0 Å². The van der Waals surface area contributed by atoms with Crippen LogP contribution in [0.5, 0.6) is 0 Å². The maximum atomic E-state index is 5.70. The van der Waals surface area contributed by atoms with Crippen LogP contribution in [0.2, 0.25) is 5.15 Å². The van der Waals surface area contributed by atoms with Gasteiger partial charge in [0.25, 0.3) is 0 Å². The van der Waals surface area contributed by atoms with Gasteiger partial charge >= 0.3 is 0 Å². The fourth-order valence-electron chi connectivity index (χ4n) is 9.23. The van der Waals surface area contributed by atoms with Crippen molar-refractivity contribution in [1.29, 1.82) is 0 Å². The molecule has 0 aliphatic heterocycles. The standard InChI is InChI=1S/C12H14N2.C10H16N2.2C10H15N.3C9H13N.C8H11ClN2.2C8H12N2/c1-12(2,3)11-8-13-9-6-4-5-7-10(9)14-11;1-7-6-9(10(3,4)5)12-8(2)11-7;1-8-5-6-9(11-7-8)10(2,3)4;1-8-6-5-7-11-9(8)10(2,3)4;1-9(2,3)8-4-6-10-7-5-8;1-9(2,3)8-5-4-6-10-7-8;1-9(2,3)8-6-4-5-7-10-8;1-8(2,3)6-4-7(9)11-5-10-6;1-8(2,3)7-6-9-4-5-10-7;1-8(2,3)7-4-5-9-6-10-7/h4-8H,1-3H3;6H,1-5H3;2*5-7H,1-4H3;3*4-7H,1-3H3;4-5H,1-3H3;2*4-6H,1-3H3. The Kier molecular flexibility index (Phi) is 37.7. The van der Waals surface area contributed by atoms with Crippen LogP contribution in [-0.2, 0) is 54.1 Å². The van der Waals surface area contributed by atoms with Crippen molar-refractivity contribution in [2.75, 3.05) is 0 Å². The summed E-state index contributed by atoms with van der Waals surface area (Å²) in [5, 5.41) is 0.505.